The molecule has 0 spiro atoms. The third-order valence-electron chi connectivity index (χ3n) is 3.09. The molecule has 1 fully saturated rings. The van der Waals surface area contributed by atoms with Crippen LogP contribution in [0.4, 0.5) is 0 Å². The van der Waals surface area contributed by atoms with Gasteiger partial charge in [0.1, 0.15) is 0 Å². The average Bonchev–Trinajstić information content (AvgIpc) is 2.81. The molecule has 2 unspecified atom stereocenters. The van der Waals surface area contributed by atoms with Crippen molar-refractivity contribution >= 4 is 11.9 Å². The fraction of sp³-hybridized carbons (Fsp3) is 0.545. The van der Waals surface area contributed by atoms with Gasteiger partial charge < -0.3 is 19.6 Å². The van der Waals surface area contributed by atoms with E-state index < -0.39 is 12.1 Å². The minimum atomic E-state index is -1.26. The molecule has 1 saturated heterocycles. The third kappa shape index (κ3) is 2.35. The van der Waals surface area contributed by atoms with Crippen molar-refractivity contribution in [3.63, 3.8) is 0 Å². The summed E-state index contributed by atoms with van der Waals surface area (Å²) in [6.07, 6.45) is 0.109. The topological polar surface area (TPSA) is 104 Å². The number of carboxylic acid groups (broad SMARTS) is 1. The van der Waals surface area contributed by atoms with Gasteiger partial charge in [0.25, 0.3) is 5.91 Å². The number of aliphatic hydroxyl groups excluding tert-OH is 1. The number of amides is 1. The Labute approximate surface area is 103 Å². The highest BCUT2D eigenvalue weighted by atomic mass is 16.5. The first-order chi connectivity index (χ1) is 8.49. The number of carbonyl (C=O) groups is 2. The predicted molar refractivity (Wildman–Crippen MR) is 59.2 cm³/mol. The quantitative estimate of drug-likeness (QED) is 0.782. The normalized spacial score (nSPS) is 24.0. The molecule has 1 aliphatic heterocycles. The summed E-state index contributed by atoms with van der Waals surface area (Å²) < 4.78 is 4.54. The smallest absolute Gasteiger partial charge is 0.374 e. The number of nitrogens with zero attached hydrogens (tertiary/aromatic N) is 2. The molecule has 0 saturated carbocycles. The zero-order valence-corrected chi connectivity index (χ0v) is 9.87. The lowest BCUT2D eigenvalue weighted by Gasteiger charge is -2.33. The van der Waals surface area contributed by atoms with E-state index in [1.165, 1.54) is 0 Å². The molecule has 0 bridgehead atoms. The second kappa shape index (κ2) is 4.77. The van der Waals surface area contributed by atoms with Crippen LogP contribution < -0.4 is 0 Å². The molecule has 0 aromatic carbocycles. The molecule has 1 aromatic rings. The van der Waals surface area contributed by atoms with Gasteiger partial charge in [0.2, 0.25) is 5.76 Å². The van der Waals surface area contributed by atoms with Gasteiger partial charge in [0, 0.05) is 19.2 Å². The summed E-state index contributed by atoms with van der Waals surface area (Å²) >= 11 is 0. The molecule has 2 N–H and O–H groups in total. The lowest BCUT2D eigenvalue weighted by molar-refractivity contribution is 0.0291. The summed E-state index contributed by atoms with van der Waals surface area (Å²) in [4.78, 5) is 24.2. The van der Waals surface area contributed by atoms with Crippen molar-refractivity contribution in [1.82, 2.24) is 10.1 Å². The van der Waals surface area contributed by atoms with E-state index in [1.807, 2.05) is 6.92 Å². The van der Waals surface area contributed by atoms with Crippen LogP contribution in [-0.4, -0.2) is 51.3 Å². The minimum absolute atomic E-state index is 0.00598. The van der Waals surface area contributed by atoms with E-state index in [1.54, 1.807) is 4.90 Å². The second-order valence-electron chi connectivity index (χ2n) is 4.47. The SMILES string of the molecule is CC1CN(C(=O)c2cc(C(=O)O)on2)CCC1O. The van der Waals surface area contributed by atoms with Crippen LogP contribution in [0.3, 0.4) is 0 Å². The van der Waals surface area contributed by atoms with Crippen molar-refractivity contribution in [2.45, 2.75) is 19.4 Å². The number of aromatic carboxylic acids is 1. The van der Waals surface area contributed by atoms with E-state index in [0.717, 1.165) is 6.07 Å². The number of likely N-dealkylation sites (tertiary alicyclic amines) is 1. The van der Waals surface area contributed by atoms with Gasteiger partial charge in [0.05, 0.1) is 6.10 Å². The Morgan fingerprint density at radius 1 is 1.56 bits per heavy atom. The molecule has 7 heteroatoms. The van der Waals surface area contributed by atoms with Crippen molar-refractivity contribution in [1.29, 1.82) is 0 Å². The van der Waals surface area contributed by atoms with Crippen molar-refractivity contribution in [3.8, 4) is 0 Å². The number of hydrogen-bond donors (Lipinski definition) is 2. The largest absolute Gasteiger partial charge is 0.475 e. The molecular weight excluding hydrogens is 240 g/mol. The molecule has 18 heavy (non-hydrogen) atoms. The van der Waals surface area contributed by atoms with Crippen molar-refractivity contribution in [2.75, 3.05) is 13.1 Å². The molecule has 1 amide bonds. The first-order valence-corrected chi connectivity index (χ1v) is 5.66. The number of piperidine rings is 1. The fourth-order valence-corrected chi connectivity index (χ4v) is 1.96. The van der Waals surface area contributed by atoms with Crippen LogP contribution in [0.15, 0.2) is 10.6 Å². The van der Waals surface area contributed by atoms with E-state index in [0.29, 0.717) is 19.5 Å². The fourth-order valence-electron chi connectivity index (χ4n) is 1.96. The maximum atomic E-state index is 12.0. The van der Waals surface area contributed by atoms with Crippen LogP contribution in [0.1, 0.15) is 34.4 Å². The van der Waals surface area contributed by atoms with Crippen LogP contribution in [0.2, 0.25) is 0 Å². The Bertz CT molecular complexity index is 470. The molecule has 0 radical (unpaired) electrons. The maximum Gasteiger partial charge on any atom is 0.374 e. The zero-order valence-electron chi connectivity index (χ0n) is 9.87. The van der Waals surface area contributed by atoms with E-state index in [-0.39, 0.29) is 23.3 Å². The summed E-state index contributed by atoms with van der Waals surface area (Å²) in [6.45, 7) is 2.71. The molecule has 0 aliphatic carbocycles. The van der Waals surface area contributed by atoms with Gasteiger partial charge in [-0.3, -0.25) is 4.79 Å². The number of aromatic nitrogens is 1. The first kappa shape index (κ1) is 12.6. The Morgan fingerprint density at radius 3 is 2.83 bits per heavy atom. The highest BCUT2D eigenvalue weighted by molar-refractivity contribution is 5.94. The highest BCUT2D eigenvalue weighted by Crippen LogP contribution is 2.18. The van der Waals surface area contributed by atoms with E-state index in [2.05, 4.69) is 9.68 Å². The first-order valence-electron chi connectivity index (χ1n) is 5.66. The Morgan fingerprint density at radius 2 is 2.28 bits per heavy atom. The molecule has 7 nitrogen and oxygen atoms in total. The molecule has 1 aliphatic rings. The van der Waals surface area contributed by atoms with Gasteiger partial charge in [-0.25, -0.2) is 4.79 Å². The van der Waals surface area contributed by atoms with Crippen LogP contribution >= 0.6 is 0 Å². The second-order valence-corrected chi connectivity index (χ2v) is 4.47. The molecule has 98 valence electrons. The van der Waals surface area contributed by atoms with Crippen LogP contribution in [0, 0.1) is 5.92 Å². The van der Waals surface area contributed by atoms with E-state index in [4.69, 9.17) is 5.11 Å². The standard InChI is InChI=1S/C11H14N2O5/c1-6-5-13(3-2-8(6)14)10(15)7-4-9(11(16)17)18-12-7/h4,6,8,14H,2-3,5H2,1H3,(H,16,17). The number of carbonyl (C=O) groups excluding carboxylic acids is 1. The summed E-state index contributed by atoms with van der Waals surface area (Å²) in [5.74, 6) is -1.99. The van der Waals surface area contributed by atoms with E-state index in [9.17, 15) is 14.7 Å². The Hall–Kier alpha value is -1.89. The molecular formula is C11H14N2O5. The summed E-state index contributed by atoms with van der Waals surface area (Å²) in [6, 6.07) is 1.11. The van der Waals surface area contributed by atoms with Gasteiger partial charge >= 0.3 is 5.97 Å². The van der Waals surface area contributed by atoms with Crippen molar-refractivity contribution < 1.29 is 24.3 Å². The number of rotatable bonds is 2. The summed E-state index contributed by atoms with van der Waals surface area (Å²) in [5.41, 5.74) is -0.0176. The summed E-state index contributed by atoms with van der Waals surface area (Å²) in [5, 5.41) is 21.7. The van der Waals surface area contributed by atoms with Gasteiger partial charge in [-0.2, -0.15) is 0 Å². The lowest BCUT2D eigenvalue weighted by atomic mass is 9.96. The van der Waals surface area contributed by atoms with Gasteiger partial charge in [-0.05, 0) is 12.3 Å². The molecule has 2 atom stereocenters. The van der Waals surface area contributed by atoms with Gasteiger partial charge in [-0.1, -0.05) is 12.1 Å². The molecule has 2 heterocycles. The monoisotopic (exact) mass is 254 g/mol. The minimum Gasteiger partial charge on any atom is -0.475 e. The van der Waals surface area contributed by atoms with Crippen molar-refractivity contribution in [2.24, 2.45) is 5.92 Å². The Balaban J connectivity index is 2.09. The third-order valence-corrected chi connectivity index (χ3v) is 3.09. The molecule has 1 aromatic heterocycles. The molecule has 2 rings (SSSR count). The van der Waals surface area contributed by atoms with Crippen molar-refractivity contribution in [3.05, 3.63) is 17.5 Å². The highest BCUT2D eigenvalue weighted by Gasteiger charge is 2.29. The van der Waals surface area contributed by atoms with Gasteiger partial charge in [0.15, 0.2) is 5.69 Å². The number of aliphatic hydroxyl groups is 1. The maximum absolute atomic E-state index is 12.0. The van der Waals surface area contributed by atoms with Crippen LogP contribution in [0.5, 0.6) is 0 Å². The average molecular weight is 254 g/mol. The predicted octanol–water partition coefficient (Wildman–Crippen LogP) is 0.216. The van der Waals surface area contributed by atoms with Gasteiger partial charge in [-0.15, -0.1) is 0 Å². The lowest BCUT2D eigenvalue weighted by Crippen LogP contribution is -2.45. The number of carboxylic acids is 1. The van der Waals surface area contributed by atoms with E-state index >= 15 is 0 Å². The number of hydrogen-bond acceptors (Lipinski definition) is 5. The zero-order chi connectivity index (χ0) is 13.3. The van der Waals surface area contributed by atoms with Crippen LogP contribution in [-0.2, 0) is 0 Å². The summed E-state index contributed by atoms with van der Waals surface area (Å²) in [7, 11) is 0. The Kier molecular flexibility index (Phi) is 3.33. The van der Waals surface area contributed by atoms with Crippen LogP contribution in [0.25, 0.3) is 0 Å².